The summed E-state index contributed by atoms with van der Waals surface area (Å²) in [5, 5.41) is 23.4. The average molecular weight is 1990 g/mol. The van der Waals surface area contributed by atoms with E-state index in [1.165, 1.54) is 143 Å². The molecule has 0 spiro atoms. The zero-order valence-electron chi connectivity index (χ0n) is 79.9. The first-order valence-electron chi connectivity index (χ1n) is 41.9. The summed E-state index contributed by atoms with van der Waals surface area (Å²) in [5.74, 6) is -3.05. The summed E-state index contributed by atoms with van der Waals surface area (Å²) in [4.78, 5) is 103. The minimum absolute atomic E-state index is 0. The van der Waals surface area contributed by atoms with Gasteiger partial charge in [0.15, 0.2) is 0 Å². The van der Waals surface area contributed by atoms with Gasteiger partial charge in [-0.15, -0.1) is 0 Å². The molecule has 0 saturated carbocycles. The molecule has 0 bridgehead atoms. The zero-order chi connectivity index (χ0) is 102. The summed E-state index contributed by atoms with van der Waals surface area (Å²) >= 11 is 3.13. The molecule has 0 unspecified atom stereocenters. The number of alkyl halides is 1. The van der Waals surface area contributed by atoms with Crippen LogP contribution in [0.1, 0.15) is 202 Å². The number of nitrogens with two attached hydrogens (primary N) is 2. The fourth-order valence-electron chi connectivity index (χ4n) is 9.64. The summed E-state index contributed by atoms with van der Waals surface area (Å²) in [6.45, 7) is 21.4. The quantitative estimate of drug-likeness (QED) is 0.00555. The first-order valence-corrected chi connectivity index (χ1v) is 42.1. The van der Waals surface area contributed by atoms with E-state index in [2.05, 4.69) is 36.0 Å². The van der Waals surface area contributed by atoms with E-state index in [1.54, 1.807) is 156 Å². The molecule has 0 saturated heterocycles. The Kier molecular flexibility index (Phi) is 62.5. The number of aromatic carboxylic acids is 1. The molecule has 744 valence electrons. The number of halogens is 9. The molecule has 8 aromatic rings. The van der Waals surface area contributed by atoms with Crippen LogP contribution in [-0.4, -0.2) is 144 Å². The molecule has 0 aliphatic rings. The number of aromatic hydroxyl groups is 1. The number of hydrogen-bond acceptors (Lipinski definition) is 23. The van der Waals surface area contributed by atoms with E-state index in [0.717, 1.165) is 0 Å². The number of rotatable bonds is 33. The number of allylic oxidation sites excluding steroid dienone is 1. The first kappa shape index (κ1) is 126. The Labute approximate surface area is 817 Å². The Hall–Kier alpha value is -13.1. The molecule has 2 amide bonds. The van der Waals surface area contributed by atoms with Gasteiger partial charge < -0.3 is 85.2 Å². The van der Waals surface area contributed by atoms with Crippen molar-refractivity contribution in [3.63, 3.8) is 0 Å². The Morgan fingerprint density at radius 2 is 0.606 bits per heavy atom. The number of ether oxygens (including phenoxy) is 10. The molecule has 36 heteroatoms. The number of nitrogens with one attached hydrogen (secondary N) is 2. The smallest absolute Gasteiger partial charge is 0.870 e. The molecule has 0 heterocycles. The fourth-order valence-corrected chi connectivity index (χ4v) is 10.0. The molecule has 0 aromatic heterocycles. The van der Waals surface area contributed by atoms with E-state index in [-0.39, 0.29) is 162 Å². The van der Waals surface area contributed by atoms with Gasteiger partial charge in [-0.05, 0) is 325 Å². The molecule has 0 aliphatic heterocycles. The van der Waals surface area contributed by atoms with Crippen LogP contribution < -0.4 is 59.9 Å². The van der Waals surface area contributed by atoms with E-state index < -0.39 is 52.3 Å². The van der Waals surface area contributed by atoms with Crippen LogP contribution in [0, 0.1) is 17.5 Å². The molecule has 9 N–H and O–H groups in total. The topological polar surface area (TPSA) is 392 Å². The van der Waals surface area contributed by atoms with Gasteiger partial charge in [-0.2, -0.15) is 0 Å². The molecule has 26 nitrogen and oxygen atoms in total. The normalized spacial score (nSPS) is 11.1. The summed E-state index contributed by atoms with van der Waals surface area (Å²) in [5.41, 5.74) is 13.6. The predicted molar refractivity (Wildman–Crippen MR) is 510 cm³/mol. The second-order valence-corrected chi connectivity index (χ2v) is 32.6. The number of phenolic OH excluding ortho intramolecular Hbond substituents is 1. The van der Waals surface area contributed by atoms with Gasteiger partial charge in [0.2, 0.25) is 0 Å². The number of benzene rings is 8. The van der Waals surface area contributed by atoms with Crippen LogP contribution in [0.25, 0.3) is 0 Å². The van der Waals surface area contributed by atoms with Crippen molar-refractivity contribution in [2.24, 2.45) is 5.73 Å². The summed E-state index contributed by atoms with van der Waals surface area (Å²) in [6.07, 6.45) is 3.63. The standard InChI is InChI=1S/C23H25F2NO4.C18H23FO5.C17H16F2N2O2.C17H21FO5.C10H16BrFO2.C8H8O3.C6H6FN.2CH4.Li.H2O/c1-23(2,3)30-21(27)13-4-16(14-24)15-29-20-11-5-17(6-12-20)22(28)26-19-9-7-18(25)8-10-19;1-18(2,3)24-16(20)10-5-13(11-19)12-23-15-8-6-14(7-9-15)17(21)22-4;18-9-12(10-20)11-23-16-7-1-13(2-8-16)17(22)21-15-5-3-14(19)4-6-15;1-17(2,3)23-15(19)9-4-12(10-18)11-22-14-7-5-13(6-8-14)16(20)21;1-10(2,3)14-9(13)5-4-8(6-11)7-12;1-11-8(10)6-2-4-7(9)5-3-6;7-5-1-3-6(8)4-2-5;;;;/h5-12,14H,4,13,15H2,1-3H3,(H,26,28);6-9,11H,5,10,12H2,1-4H3;1-9H,10-11,20H2,(H,21,22);5-8,10H,4,9,11H2,1-3H3,(H,20,21);7H,4-6H2,1-3H3;2-5,9H,1H3;1-4H,8H2;2*1H4;;1H2/q;;;;;;;;;+1;/p-1/i;;;;;;;1T;;;. The van der Waals surface area contributed by atoms with E-state index in [1.807, 2.05) is 0 Å². The third-order valence-electron chi connectivity index (χ3n) is 16.2. The zero-order valence-corrected chi connectivity index (χ0v) is 80.5. The van der Waals surface area contributed by atoms with Crippen molar-refractivity contribution in [2.45, 2.75) is 172 Å². The van der Waals surface area contributed by atoms with E-state index in [0.29, 0.717) is 134 Å². The SMILES string of the molecule is C.CC(C)(C)OC(=O)CCC(=CF)CBr.CC(C)(C)OC(=O)CCC(=CF)COc1ccc(C(=O)Nc2ccc(F)cc2)cc1.CC(C)(C)OC(=O)CCC(=CF)COc1ccc(C(=O)O)cc1.COC(=O)c1ccc(O)cc1.COC(=O)c1ccc(OCC(=CF)CCC(=O)OC(C)(C)C)cc1.NCC(=CF)COc1ccc(C(=O)Nc2ccc(F)cc2)cc1.Nc1ccc(F)cc1.[3H]C.[Li+].[OH-]. The van der Waals surface area contributed by atoms with E-state index in [4.69, 9.17) is 60.9 Å². The Morgan fingerprint density at radius 1 is 0.372 bits per heavy atom. The Balaban J connectivity index is -0.00000157. The van der Waals surface area contributed by atoms with Crippen LogP contribution in [0.4, 0.5) is 52.2 Å². The minimum Gasteiger partial charge on any atom is -0.870 e. The molecule has 0 atom stereocenters. The van der Waals surface area contributed by atoms with Crippen LogP contribution in [0.5, 0.6) is 28.7 Å². The number of nitrogen functional groups attached to an aromatic ring is 1. The molecule has 8 rings (SSSR count). The van der Waals surface area contributed by atoms with Crippen LogP contribution >= 0.6 is 15.9 Å². The average Bonchev–Trinajstić information content (AvgIpc) is 0.877. The number of hydrogen-bond donors (Lipinski definition) is 6. The maximum absolute atomic E-state index is 13.1. The number of carboxylic acid groups (broad SMARTS) is 1. The number of methoxy groups -OCH3 is 2. The molecule has 0 aliphatic carbocycles. The third kappa shape index (κ3) is 60.1. The van der Waals surface area contributed by atoms with Crippen molar-refractivity contribution >= 4 is 86.6 Å². The first-order chi connectivity index (χ1) is 63.6. The maximum atomic E-state index is 13.1. The van der Waals surface area contributed by atoms with Gasteiger partial charge in [-0.3, -0.25) is 28.8 Å². The number of amides is 2. The van der Waals surface area contributed by atoms with Crippen molar-refractivity contribution in [1.82, 2.24) is 0 Å². The number of carbonyl (C=O) groups excluding carboxylic acids is 8. The maximum Gasteiger partial charge on any atom is 1.00 e. The van der Waals surface area contributed by atoms with Crippen molar-refractivity contribution < 1.29 is 162 Å². The van der Waals surface area contributed by atoms with Crippen LogP contribution in [0.3, 0.4) is 0 Å². The summed E-state index contributed by atoms with van der Waals surface area (Å²) in [6, 6.07) is 47.2. The Bertz CT molecular complexity index is 5070. The van der Waals surface area contributed by atoms with Gasteiger partial charge in [0.25, 0.3) is 11.8 Å². The summed E-state index contributed by atoms with van der Waals surface area (Å²) < 4.78 is 158. The van der Waals surface area contributed by atoms with Crippen molar-refractivity contribution in [3.8, 4) is 28.7 Å². The minimum atomic E-state index is -1.03. The van der Waals surface area contributed by atoms with Crippen molar-refractivity contribution in [3.05, 3.63) is 299 Å². The van der Waals surface area contributed by atoms with E-state index >= 15 is 0 Å². The third-order valence-corrected chi connectivity index (χ3v) is 16.9. The molecular weight excluding hydrogens is 1860 g/mol. The second kappa shape index (κ2) is 68.0. The number of anilines is 3. The van der Waals surface area contributed by atoms with Gasteiger partial charge in [-0.25, -0.2) is 49.5 Å². The van der Waals surface area contributed by atoms with Crippen molar-refractivity contribution in [1.29, 1.82) is 0 Å². The second-order valence-electron chi connectivity index (χ2n) is 32.1. The van der Waals surface area contributed by atoms with Crippen LogP contribution in [0.15, 0.2) is 254 Å². The molecule has 0 fully saturated rings. The molecule has 8 aromatic carbocycles. The van der Waals surface area contributed by atoms with Crippen molar-refractivity contribution in [2.75, 3.05) is 68.9 Å². The molecular formula is C101H124BrF8LiN4O22. The van der Waals surface area contributed by atoms with Crippen LogP contribution in [0.2, 0.25) is 0 Å². The number of carbonyl (C=O) groups is 9. The number of carboxylic acids is 1. The molecule has 0 radical (unpaired) electrons. The van der Waals surface area contributed by atoms with Gasteiger partial charge >= 0.3 is 60.6 Å². The van der Waals surface area contributed by atoms with Crippen LogP contribution in [-0.2, 0) is 47.6 Å². The van der Waals surface area contributed by atoms with E-state index in [9.17, 15) is 78.3 Å². The van der Waals surface area contributed by atoms with Gasteiger partial charge in [0.05, 0.1) is 62.6 Å². The van der Waals surface area contributed by atoms with Gasteiger partial charge in [-0.1, -0.05) is 30.8 Å². The van der Waals surface area contributed by atoms with Gasteiger partial charge in [0.1, 0.15) is 95.0 Å². The Morgan fingerprint density at radius 3 is 0.832 bits per heavy atom. The largest absolute Gasteiger partial charge is 1.00 e. The summed E-state index contributed by atoms with van der Waals surface area (Å²) in [7, 11) is 3.87. The predicted octanol–water partition coefficient (Wildman–Crippen LogP) is 20.3. The van der Waals surface area contributed by atoms with Gasteiger partial charge in [0, 0.05) is 72.7 Å². The number of phenols is 1. The monoisotopic (exact) mass is 1980 g/mol. The number of esters is 6. The molecule has 137 heavy (non-hydrogen) atoms. The fraction of sp³-hybridized carbons (Fsp3) is 0.337.